The van der Waals surface area contributed by atoms with Gasteiger partial charge in [-0.2, -0.15) is 26.3 Å². The van der Waals surface area contributed by atoms with Crippen molar-refractivity contribution in [1.29, 1.82) is 0 Å². The van der Waals surface area contributed by atoms with Gasteiger partial charge in [-0.1, -0.05) is 43.8 Å². The molecule has 0 unspecified atom stereocenters. The van der Waals surface area contributed by atoms with Crippen molar-refractivity contribution in [1.82, 2.24) is 0 Å². The van der Waals surface area contributed by atoms with Crippen LogP contribution in [0.2, 0.25) is 0 Å². The highest BCUT2D eigenvalue weighted by Crippen LogP contribution is 2.56. The largest absolute Gasteiger partial charge is 0.411 e. The summed E-state index contributed by atoms with van der Waals surface area (Å²) >= 11 is 0. The second-order valence-electron chi connectivity index (χ2n) is 6.34. The lowest BCUT2D eigenvalue weighted by molar-refractivity contribution is -0.288. The van der Waals surface area contributed by atoms with E-state index < -0.39 is 28.9 Å². The summed E-state index contributed by atoms with van der Waals surface area (Å²) in [5.41, 5.74) is -3.71. The van der Waals surface area contributed by atoms with Gasteiger partial charge < -0.3 is 0 Å². The molecule has 0 nitrogen and oxygen atoms in total. The van der Waals surface area contributed by atoms with E-state index in [1.165, 1.54) is 26.0 Å². The fourth-order valence-electron chi connectivity index (χ4n) is 2.93. The summed E-state index contributed by atoms with van der Waals surface area (Å²) in [6.07, 6.45) is -11.1. The predicted molar refractivity (Wildman–Crippen MR) is 91.5 cm³/mol. The molecular formula is C20H22F6. The molecule has 0 heterocycles. The van der Waals surface area contributed by atoms with Gasteiger partial charge in [-0.25, -0.2) is 0 Å². The van der Waals surface area contributed by atoms with E-state index in [0.717, 1.165) is 24.3 Å². The number of aryl methyl sites for hydroxylation is 4. The molecule has 2 rings (SSSR count). The summed E-state index contributed by atoms with van der Waals surface area (Å²) in [6, 6.07) is 6.36. The molecule has 0 N–H and O–H groups in total. The molecule has 6 heteroatoms. The van der Waals surface area contributed by atoms with Crippen LogP contribution in [0.1, 0.15) is 40.8 Å². The third-order valence-electron chi connectivity index (χ3n) is 4.73. The number of benzene rings is 2. The van der Waals surface area contributed by atoms with E-state index in [1.807, 2.05) is 0 Å². The zero-order chi connectivity index (χ0) is 19.2. The fourth-order valence-corrected chi connectivity index (χ4v) is 2.93. The quantitative estimate of drug-likeness (QED) is 0.497. The lowest BCUT2D eigenvalue weighted by atomic mass is 9.71. The molecule has 0 aliphatic heterocycles. The van der Waals surface area contributed by atoms with E-state index in [2.05, 4.69) is 0 Å². The molecule has 0 aliphatic rings. The molecule has 0 aliphatic carbocycles. The maximum absolute atomic E-state index is 14.0. The van der Waals surface area contributed by atoms with Crippen molar-refractivity contribution >= 4 is 0 Å². The summed E-state index contributed by atoms with van der Waals surface area (Å²) in [4.78, 5) is 0. The van der Waals surface area contributed by atoms with Crippen molar-refractivity contribution < 1.29 is 26.3 Å². The summed E-state index contributed by atoms with van der Waals surface area (Å²) in [7, 11) is 0. The third-order valence-corrected chi connectivity index (χ3v) is 4.73. The lowest BCUT2D eigenvalue weighted by Gasteiger charge is -2.38. The maximum Gasteiger partial charge on any atom is 0.411 e. The molecule has 0 saturated carbocycles. The van der Waals surface area contributed by atoms with Gasteiger partial charge in [-0.05, 0) is 61.1 Å². The Morgan fingerprint density at radius 3 is 1.08 bits per heavy atom. The summed E-state index contributed by atoms with van der Waals surface area (Å²) in [5, 5.41) is 0. The first-order chi connectivity index (χ1) is 11.3. The van der Waals surface area contributed by atoms with Crippen LogP contribution in [0.25, 0.3) is 0 Å². The molecule has 0 amide bonds. The normalized spacial score (nSPS) is 12.7. The number of hydrogen-bond acceptors (Lipinski definition) is 0. The Kier molecular flexibility index (Phi) is 5.91. The zero-order valence-electron chi connectivity index (χ0n) is 14.2. The second kappa shape index (κ2) is 6.97. The molecule has 26 heavy (non-hydrogen) atoms. The minimum atomic E-state index is -5.55. The van der Waals surface area contributed by atoms with E-state index >= 15 is 0 Å². The van der Waals surface area contributed by atoms with Crippen molar-refractivity contribution in [3.63, 3.8) is 0 Å². The molecule has 2 aromatic carbocycles. The van der Waals surface area contributed by atoms with Gasteiger partial charge in [0.25, 0.3) is 0 Å². The van der Waals surface area contributed by atoms with E-state index in [4.69, 9.17) is 0 Å². The molecule has 0 fully saturated rings. The highest BCUT2D eigenvalue weighted by molar-refractivity contribution is 5.48. The topological polar surface area (TPSA) is 0 Å². The van der Waals surface area contributed by atoms with Gasteiger partial charge >= 0.3 is 12.4 Å². The minimum Gasteiger partial charge on any atom is -0.169 e. The average Bonchev–Trinajstić information content (AvgIpc) is 2.44. The monoisotopic (exact) mass is 376 g/mol. The Bertz CT molecular complexity index is 716. The molecule has 0 radical (unpaired) electrons. The van der Waals surface area contributed by atoms with Gasteiger partial charge in [0.1, 0.15) is 0 Å². The zero-order valence-corrected chi connectivity index (χ0v) is 14.2. The van der Waals surface area contributed by atoms with Crippen molar-refractivity contribution in [2.75, 3.05) is 0 Å². The second-order valence-corrected chi connectivity index (χ2v) is 6.34. The first-order valence-electron chi connectivity index (χ1n) is 7.61. The number of hydrogen-bond donors (Lipinski definition) is 0. The Labute approximate surface area is 149 Å². The standard InChI is InChI=1S/C19H18F6.CH4/c1-11-5-7-15(9-13(11)3)17(18(20,21)22,19(23,24)25)16-8-6-12(2)14(4)10-16;/h5-10H,1-4H3;1H4. The highest BCUT2D eigenvalue weighted by Gasteiger charge is 2.72. The molecule has 0 atom stereocenters. The van der Waals surface area contributed by atoms with Crippen LogP contribution in [-0.2, 0) is 5.41 Å². The van der Waals surface area contributed by atoms with E-state index in [9.17, 15) is 26.3 Å². The minimum absolute atomic E-state index is 0. The molecular weight excluding hydrogens is 354 g/mol. The van der Waals surface area contributed by atoms with Gasteiger partial charge in [0, 0.05) is 0 Å². The summed E-state index contributed by atoms with van der Waals surface area (Å²) < 4.78 is 83.9. The van der Waals surface area contributed by atoms with Gasteiger partial charge in [0.15, 0.2) is 0 Å². The van der Waals surface area contributed by atoms with Crippen LogP contribution < -0.4 is 0 Å². The smallest absolute Gasteiger partial charge is 0.169 e. The van der Waals surface area contributed by atoms with Crippen LogP contribution in [-0.4, -0.2) is 12.4 Å². The van der Waals surface area contributed by atoms with Crippen molar-refractivity contribution in [3.8, 4) is 0 Å². The van der Waals surface area contributed by atoms with Crippen molar-refractivity contribution in [2.45, 2.75) is 52.9 Å². The van der Waals surface area contributed by atoms with E-state index in [-0.39, 0.29) is 7.43 Å². The Morgan fingerprint density at radius 2 is 0.846 bits per heavy atom. The Morgan fingerprint density at radius 1 is 0.538 bits per heavy atom. The average molecular weight is 376 g/mol. The van der Waals surface area contributed by atoms with Gasteiger partial charge in [-0.3, -0.25) is 0 Å². The maximum atomic E-state index is 14.0. The van der Waals surface area contributed by atoms with E-state index in [0.29, 0.717) is 22.3 Å². The van der Waals surface area contributed by atoms with Crippen molar-refractivity contribution in [3.05, 3.63) is 69.8 Å². The van der Waals surface area contributed by atoms with Gasteiger partial charge in [0.05, 0.1) is 0 Å². The SMILES string of the molecule is C.Cc1ccc(C(c2ccc(C)c(C)c2)(C(F)(F)F)C(F)(F)F)cc1C. The van der Waals surface area contributed by atoms with Crippen LogP contribution in [0.3, 0.4) is 0 Å². The molecule has 0 bridgehead atoms. The summed E-state index contributed by atoms with van der Waals surface area (Å²) in [5.74, 6) is 0. The number of halogens is 6. The number of alkyl halides is 6. The Hall–Kier alpha value is -1.98. The van der Waals surface area contributed by atoms with E-state index in [1.54, 1.807) is 13.8 Å². The molecule has 0 spiro atoms. The van der Waals surface area contributed by atoms with Crippen molar-refractivity contribution in [2.24, 2.45) is 0 Å². The Balaban J connectivity index is 0.00000338. The highest BCUT2D eigenvalue weighted by atomic mass is 19.4. The van der Waals surface area contributed by atoms with Gasteiger partial charge in [-0.15, -0.1) is 0 Å². The van der Waals surface area contributed by atoms with Gasteiger partial charge in [0.2, 0.25) is 5.41 Å². The lowest BCUT2D eigenvalue weighted by Crippen LogP contribution is -2.54. The van der Waals surface area contributed by atoms with Crippen LogP contribution in [0.5, 0.6) is 0 Å². The molecule has 0 saturated heterocycles. The van der Waals surface area contributed by atoms with Crippen LogP contribution in [0.15, 0.2) is 36.4 Å². The first-order valence-corrected chi connectivity index (χ1v) is 7.61. The first kappa shape index (κ1) is 22.1. The van der Waals surface area contributed by atoms with Crippen LogP contribution >= 0.6 is 0 Å². The molecule has 2 aromatic rings. The number of rotatable bonds is 2. The third kappa shape index (κ3) is 3.33. The molecule has 144 valence electrons. The predicted octanol–water partition coefficient (Wildman–Crippen LogP) is 6.97. The molecule has 0 aromatic heterocycles. The fraction of sp³-hybridized carbons (Fsp3) is 0.400. The summed E-state index contributed by atoms with van der Waals surface area (Å²) in [6.45, 7) is 6.27. The van der Waals surface area contributed by atoms with Crippen LogP contribution in [0.4, 0.5) is 26.3 Å². The van der Waals surface area contributed by atoms with Crippen LogP contribution in [0, 0.1) is 27.7 Å².